The maximum Gasteiger partial charge on any atom is 0.193 e. The van der Waals surface area contributed by atoms with Gasteiger partial charge in [-0.25, -0.2) is 0 Å². The van der Waals surface area contributed by atoms with Gasteiger partial charge in [-0.3, -0.25) is 4.79 Å². The second-order valence-corrected chi connectivity index (χ2v) is 13.0. The van der Waals surface area contributed by atoms with Crippen molar-refractivity contribution >= 4 is 49.4 Å². The Balaban J connectivity index is 1.27. The second kappa shape index (κ2) is 11.0. The quantitative estimate of drug-likeness (QED) is 0.131. The first-order valence-electron chi connectivity index (χ1n) is 16.3. The highest BCUT2D eigenvalue weighted by Gasteiger charge is 2.31. The minimum Gasteiger partial charge on any atom is -0.331 e. The summed E-state index contributed by atoms with van der Waals surface area (Å²) < 4.78 is 4.88. The van der Waals surface area contributed by atoms with E-state index in [1.807, 2.05) is 54.6 Å². The smallest absolute Gasteiger partial charge is 0.193 e. The highest BCUT2D eigenvalue weighted by atomic mass is 16.1. The van der Waals surface area contributed by atoms with Crippen LogP contribution in [0.3, 0.4) is 0 Å². The predicted octanol–water partition coefficient (Wildman–Crippen LogP) is 11.3. The first kappa shape index (κ1) is 28.8. The van der Waals surface area contributed by atoms with Crippen LogP contribution < -0.4 is 0 Å². The highest BCUT2D eigenvalue weighted by molar-refractivity contribution is 6.28. The third-order valence-corrected chi connectivity index (χ3v) is 10.2. The topological polar surface area (TPSA) is 26.9 Å². The lowest BCUT2D eigenvalue weighted by Crippen LogP contribution is -2.33. The lowest BCUT2D eigenvalue weighted by molar-refractivity contribution is 0.103. The molecule has 2 aromatic heterocycles. The van der Waals surface area contributed by atoms with E-state index in [1.54, 1.807) is 0 Å². The van der Waals surface area contributed by atoms with Crippen LogP contribution in [0, 0.1) is 5.92 Å². The van der Waals surface area contributed by atoms with Crippen LogP contribution in [0.1, 0.15) is 36.7 Å². The molecule has 0 fully saturated rings. The molecule has 0 spiro atoms. The zero-order chi connectivity index (χ0) is 32.3. The van der Waals surface area contributed by atoms with Crippen LogP contribution in [0.4, 0.5) is 0 Å². The normalized spacial score (nSPS) is 13.1. The summed E-state index contributed by atoms with van der Waals surface area (Å²) in [5.74, 6) is 0.393. The number of carbonyl (C=O) groups is 1. The molecule has 1 atom stereocenters. The number of carbonyl (C=O) groups excluding carboxylic acids is 1. The summed E-state index contributed by atoms with van der Waals surface area (Å²) in [7, 11) is 0. The van der Waals surface area contributed by atoms with Gasteiger partial charge in [0.2, 0.25) is 0 Å². The van der Waals surface area contributed by atoms with Crippen molar-refractivity contribution in [1.29, 1.82) is 0 Å². The number of hydrogen-bond donors (Lipinski definition) is 0. The van der Waals surface area contributed by atoms with Gasteiger partial charge in [0.25, 0.3) is 0 Å². The number of rotatable bonds is 7. The van der Waals surface area contributed by atoms with Crippen molar-refractivity contribution in [3.8, 4) is 16.8 Å². The molecule has 0 N–H and O–H groups in total. The monoisotopic (exact) mass is 608 g/mol. The highest BCUT2D eigenvalue weighted by Crippen LogP contribution is 2.44. The third-order valence-electron chi connectivity index (χ3n) is 10.2. The van der Waals surface area contributed by atoms with Gasteiger partial charge in [-0.15, -0.1) is 6.58 Å². The molecule has 47 heavy (non-hydrogen) atoms. The van der Waals surface area contributed by atoms with Crippen LogP contribution in [0.5, 0.6) is 0 Å². The number of allylic oxidation sites excluding steroid dienone is 1. The SMILES string of the molecule is C=CC(C)(C(C)C)n1c2ccccc2c2c3c4ccccc4n(-c4ccc(-c5ccc(C(=O)c6ccccc6)cc5)cc4)c3ccc21. The van der Waals surface area contributed by atoms with Crippen LogP contribution in [0.25, 0.3) is 60.4 Å². The van der Waals surface area contributed by atoms with Crippen molar-refractivity contribution in [2.45, 2.75) is 26.3 Å². The van der Waals surface area contributed by atoms with E-state index in [4.69, 9.17) is 0 Å². The summed E-state index contributed by atoms with van der Waals surface area (Å²) in [5, 5.41) is 5.05. The molecule has 8 aromatic rings. The maximum atomic E-state index is 12.9. The molecule has 3 heteroatoms. The molecule has 0 amide bonds. The lowest BCUT2D eigenvalue weighted by atomic mass is 9.88. The van der Waals surface area contributed by atoms with E-state index in [0.29, 0.717) is 17.0 Å². The Morgan fingerprint density at radius 1 is 0.596 bits per heavy atom. The molecule has 8 rings (SSSR count). The number of benzene rings is 6. The number of para-hydroxylation sites is 2. The van der Waals surface area contributed by atoms with Crippen LogP contribution in [0.15, 0.2) is 152 Å². The van der Waals surface area contributed by atoms with Crippen molar-refractivity contribution in [3.63, 3.8) is 0 Å². The Morgan fingerprint density at radius 3 is 1.74 bits per heavy atom. The Morgan fingerprint density at radius 2 is 1.11 bits per heavy atom. The fourth-order valence-electron chi connectivity index (χ4n) is 7.27. The molecule has 0 aliphatic rings. The van der Waals surface area contributed by atoms with Crippen LogP contribution in [-0.2, 0) is 5.54 Å². The maximum absolute atomic E-state index is 12.9. The Kier molecular flexibility index (Phi) is 6.73. The van der Waals surface area contributed by atoms with Crippen LogP contribution >= 0.6 is 0 Å². The van der Waals surface area contributed by atoms with Crippen molar-refractivity contribution in [3.05, 3.63) is 163 Å². The van der Waals surface area contributed by atoms with E-state index in [0.717, 1.165) is 16.8 Å². The van der Waals surface area contributed by atoms with Gasteiger partial charge in [-0.1, -0.05) is 123 Å². The van der Waals surface area contributed by atoms with Gasteiger partial charge in [0, 0.05) is 43.9 Å². The summed E-state index contributed by atoms with van der Waals surface area (Å²) in [4.78, 5) is 12.9. The first-order chi connectivity index (χ1) is 22.9. The van der Waals surface area contributed by atoms with Crippen molar-refractivity contribution in [2.24, 2.45) is 5.92 Å². The second-order valence-electron chi connectivity index (χ2n) is 13.0. The zero-order valence-electron chi connectivity index (χ0n) is 26.9. The molecule has 3 nitrogen and oxygen atoms in total. The molecule has 1 unspecified atom stereocenters. The van der Waals surface area contributed by atoms with Gasteiger partial charge in [0.1, 0.15) is 0 Å². The fraction of sp³-hybridized carbons (Fsp3) is 0.114. The fourth-order valence-corrected chi connectivity index (χ4v) is 7.27. The third kappa shape index (κ3) is 4.38. The van der Waals surface area contributed by atoms with Gasteiger partial charge in [0.05, 0.1) is 22.1 Å². The predicted molar refractivity (Wildman–Crippen MR) is 198 cm³/mol. The van der Waals surface area contributed by atoms with E-state index < -0.39 is 0 Å². The first-order valence-corrected chi connectivity index (χ1v) is 16.3. The molecule has 0 saturated heterocycles. The summed E-state index contributed by atoms with van der Waals surface area (Å²) in [5.41, 5.74) is 9.24. The Labute approximate surface area is 275 Å². The average Bonchev–Trinajstić information content (AvgIpc) is 3.64. The molecule has 0 radical (unpaired) electrons. The lowest BCUT2D eigenvalue weighted by Gasteiger charge is -2.34. The average molecular weight is 609 g/mol. The number of fused-ring (bicyclic) bond motifs is 7. The summed E-state index contributed by atoms with van der Waals surface area (Å²) in [6.45, 7) is 11.1. The number of aromatic nitrogens is 2. The summed E-state index contributed by atoms with van der Waals surface area (Å²) >= 11 is 0. The molecule has 0 aliphatic heterocycles. The van der Waals surface area contributed by atoms with Crippen molar-refractivity contribution in [1.82, 2.24) is 9.13 Å². The van der Waals surface area contributed by atoms with E-state index in [-0.39, 0.29) is 11.3 Å². The largest absolute Gasteiger partial charge is 0.331 e. The van der Waals surface area contributed by atoms with Gasteiger partial charge >= 0.3 is 0 Å². The zero-order valence-corrected chi connectivity index (χ0v) is 26.9. The minimum atomic E-state index is -0.254. The van der Waals surface area contributed by atoms with E-state index in [1.165, 1.54) is 43.6 Å². The molecule has 0 bridgehead atoms. The van der Waals surface area contributed by atoms with Crippen LogP contribution in [0.2, 0.25) is 0 Å². The van der Waals surface area contributed by atoms with Crippen molar-refractivity contribution in [2.75, 3.05) is 0 Å². The standard InChI is InChI=1S/C44H36N2O/c1-5-44(4,29(2)3)46-38-18-12-10-16-36(38)42-40(46)28-27-39-41(42)35-15-9-11-17-37(35)45(39)34-25-23-31(24-26-34)30-19-21-33(22-20-30)43(47)32-13-7-6-8-14-32/h5-29H,1H2,2-4H3. The van der Waals surface area contributed by atoms with E-state index in [2.05, 4.69) is 127 Å². The van der Waals surface area contributed by atoms with Gasteiger partial charge in [-0.2, -0.15) is 0 Å². The van der Waals surface area contributed by atoms with Gasteiger partial charge < -0.3 is 9.13 Å². The van der Waals surface area contributed by atoms with Gasteiger partial charge in [-0.05, 0) is 60.4 Å². The molecule has 2 heterocycles. The summed E-state index contributed by atoms with van der Waals surface area (Å²) in [6.07, 6.45) is 2.10. The van der Waals surface area contributed by atoms with Crippen LogP contribution in [-0.4, -0.2) is 14.9 Å². The van der Waals surface area contributed by atoms with Crippen molar-refractivity contribution < 1.29 is 4.79 Å². The molecule has 6 aromatic carbocycles. The number of ketones is 1. The Hall–Kier alpha value is -5.67. The number of hydrogen-bond acceptors (Lipinski definition) is 1. The van der Waals surface area contributed by atoms with E-state index >= 15 is 0 Å². The molecule has 228 valence electrons. The number of nitrogens with zero attached hydrogens (tertiary/aromatic N) is 2. The minimum absolute atomic E-state index is 0.0365. The molecular weight excluding hydrogens is 572 g/mol. The molecule has 0 aliphatic carbocycles. The Bertz CT molecular complexity index is 2460. The molecular formula is C44H36N2O. The van der Waals surface area contributed by atoms with E-state index in [9.17, 15) is 4.79 Å². The summed E-state index contributed by atoms with van der Waals surface area (Å²) in [6, 6.07) is 48.2. The van der Waals surface area contributed by atoms with Gasteiger partial charge in [0.15, 0.2) is 5.78 Å². The molecule has 0 saturated carbocycles.